The van der Waals surface area contributed by atoms with Crippen molar-refractivity contribution in [3.8, 4) is 5.75 Å². The highest BCUT2D eigenvalue weighted by Gasteiger charge is 2.39. The molecule has 120 valence electrons. The zero-order valence-corrected chi connectivity index (χ0v) is 13.9. The molecule has 2 aliphatic rings. The summed E-state index contributed by atoms with van der Waals surface area (Å²) in [5.41, 5.74) is 2.31. The third-order valence-corrected chi connectivity index (χ3v) is 5.12. The van der Waals surface area contributed by atoms with Crippen molar-refractivity contribution in [1.82, 2.24) is 4.90 Å². The van der Waals surface area contributed by atoms with Gasteiger partial charge in [-0.3, -0.25) is 4.90 Å². The Hall–Kier alpha value is -1.71. The summed E-state index contributed by atoms with van der Waals surface area (Å²) in [4.78, 5) is 2.52. The average molecular weight is 329 g/mol. The highest BCUT2D eigenvalue weighted by molar-refractivity contribution is 6.30. The number of anilines is 1. The van der Waals surface area contributed by atoms with Crippen LogP contribution >= 0.6 is 11.6 Å². The lowest BCUT2D eigenvalue weighted by molar-refractivity contribution is 0.00516. The van der Waals surface area contributed by atoms with Gasteiger partial charge in [0, 0.05) is 37.5 Å². The third kappa shape index (κ3) is 3.17. The number of halogens is 1. The maximum absolute atomic E-state index is 6.37. The van der Waals surface area contributed by atoms with Crippen molar-refractivity contribution >= 4 is 17.3 Å². The summed E-state index contributed by atoms with van der Waals surface area (Å²) in [5, 5.41) is 4.24. The Balaban J connectivity index is 1.40. The molecule has 2 heterocycles. The Morgan fingerprint density at radius 3 is 2.65 bits per heavy atom. The lowest BCUT2D eigenvalue weighted by Crippen LogP contribution is -2.53. The maximum atomic E-state index is 6.37. The van der Waals surface area contributed by atoms with Gasteiger partial charge in [-0.1, -0.05) is 41.9 Å². The van der Waals surface area contributed by atoms with E-state index in [0.717, 1.165) is 55.5 Å². The fraction of sp³-hybridized carbons (Fsp3) is 0.368. The fourth-order valence-electron chi connectivity index (χ4n) is 3.49. The summed E-state index contributed by atoms with van der Waals surface area (Å²) in [5.74, 6) is 0.928. The lowest BCUT2D eigenvalue weighted by Gasteiger charge is -2.44. The summed E-state index contributed by atoms with van der Waals surface area (Å²) in [6.07, 6.45) is 2.10. The summed E-state index contributed by atoms with van der Waals surface area (Å²) in [7, 11) is 0. The first-order chi connectivity index (χ1) is 11.2. The predicted molar refractivity (Wildman–Crippen MR) is 94.3 cm³/mol. The van der Waals surface area contributed by atoms with Crippen molar-refractivity contribution in [1.29, 1.82) is 0 Å². The Bertz CT molecular complexity index is 681. The number of hydrogen-bond acceptors (Lipinski definition) is 3. The fourth-order valence-corrected chi connectivity index (χ4v) is 3.67. The van der Waals surface area contributed by atoms with E-state index in [-0.39, 0.29) is 5.60 Å². The highest BCUT2D eigenvalue weighted by atomic mass is 35.5. The topological polar surface area (TPSA) is 24.5 Å². The molecule has 0 atom stereocenters. The molecular formula is C19H21ClN2O. The van der Waals surface area contributed by atoms with Crippen molar-refractivity contribution in [2.75, 3.05) is 25.0 Å². The number of hydrogen-bond donors (Lipinski definition) is 1. The second-order valence-electron chi connectivity index (χ2n) is 6.54. The molecule has 2 aliphatic heterocycles. The molecule has 0 aliphatic carbocycles. The van der Waals surface area contributed by atoms with Gasteiger partial charge in [-0.15, -0.1) is 0 Å². The number of ether oxygens (including phenoxy) is 1. The van der Waals surface area contributed by atoms with Crippen LogP contribution < -0.4 is 10.1 Å². The molecule has 1 fully saturated rings. The SMILES string of the molecule is Clc1ccc2c(c1)NCC1(CCN(Cc3ccccc3)CC1)O2. The van der Waals surface area contributed by atoms with Gasteiger partial charge in [0.25, 0.3) is 0 Å². The number of benzene rings is 2. The molecule has 0 aromatic heterocycles. The Morgan fingerprint density at radius 2 is 1.87 bits per heavy atom. The van der Waals surface area contributed by atoms with E-state index in [1.165, 1.54) is 5.56 Å². The van der Waals surface area contributed by atoms with E-state index in [0.29, 0.717) is 0 Å². The molecular weight excluding hydrogens is 308 g/mol. The first kappa shape index (κ1) is 14.9. The molecule has 2 aromatic rings. The second kappa shape index (κ2) is 6.06. The van der Waals surface area contributed by atoms with E-state index >= 15 is 0 Å². The van der Waals surface area contributed by atoms with Gasteiger partial charge in [-0.25, -0.2) is 0 Å². The predicted octanol–water partition coefficient (Wildman–Crippen LogP) is 4.18. The van der Waals surface area contributed by atoms with Gasteiger partial charge in [-0.2, -0.15) is 0 Å². The van der Waals surface area contributed by atoms with Crippen molar-refractivity contribution in [3.63, 3.8) is 0 Å². The third-order valence-electron chi connectivity index (χ3n) is 4.89. The molecule has 1 N–H and O–H groups in total. The van der Waals surface area contributed by atoms with Gasteiger partial charge in [0.1, 0.15) is 11.4 Å². The lowest BCUT2D eigenvalue weighted by atomic mass is 9.89. The molecule has 0 saturated carbocycles. The molecule has 4 rings (SSSR count). The molecule has 0 unspecified atom stereocenters. The minimum absolute atomic E-state index is 0.0754. The number of piperidine rings is 1. The van der Waals surface area contributed by atoms with Crippen LogP contribution in [0.2, 0.25) is 5.02 Å². The molecule has 0 amide bonds. The zero-order chi connectivity index (χ0) is 15.7. The first-order valence-corrected chi connectivity index (χ1v) is 8.59. The van der Waals surface area contributed by atoms with Crippen LogP contribution in [0.1, 0.15) is 18.4 Å². The second-order valence-corrected chi connectivity index (χ2v) is 6.98. The molecule has 0 bridgehead atoms. The van der Waals surface area contributed by atoms with E-state index in [4.69, 9.17) is 16.3 Å². The number of fused-ring (bicyclic) bond motifs is 1. The number of rotatable bonds is 2. The smallest absolute Gasteiger partial charge is 0.143 e. The van der Waals surface area contributed by atoms with Crippen molar-refractivity contribution in [3.05, 3.63) is 59.1 Å². The minimum atomic E-state index is -0.0754. The van der Waals surface area contributed by atoms with E-state index < -0.39 is 0 Å². The van der Waals surface area contributed by atoms with Crippen molar-refractivity contribution < 1.29 is 4.74 Å². The van der Waals surface area contributed by atoms with Crippen LogP contribution in [0.25, 0.3) is 0 Å². The molecule has 0 radical (unpaired) electrons. The number of nitrogens with zero attached hydrogens (tertiary/aromatic N) is 1. The quantitative estimate of drug-likeness (QED) is 0.895. The average Bonchev–Trinajstić information content (AvgIpc) is 2.59. The summed E-state index contributed by atoms with van der Waals surface area (Å²) in [6, 6.07) is 16.5. The van der Waals surface area contributed by atoms with E-state index in [2.05, 4.69) is 40.5 Å². The molecule has 23 heavy (non-hydrogen) atoms. The first-order valence-electron chi connectivity index (χ1n) is 8.21. The maximum Gasteiger partial charge on any atom is 0.143 e. The molecule has 2 aromatic carbocycles. The van der Waals surface area contributed by atoms with Gasteiger partial charge >= 0.3 is 0 Å². The molecule has 1 saturated heterocycles. The van der Waals surface area contributed by atoms with Crippen LogP contribution in [0, 0.1) is 0 Å². The number of likely N-dealkylation sites (tertiary alicyclic amines) is 1. The summed E-state index contributed by atoms with van der Waals surface area (Å²) >= 11 is 6.05. The van der Waals surface area contributed by atoms with Gasteiger partial charge in [0.15, 0.2) is 0 Å². The molecule has 4 heteroatoms. The molecule has 1 spiro atoms. The van der Waals surface area contributed by atoms with Gasteiger partial charge < -0.3 is 10.1 Å². The van der Waals surface area contributed by atoms with Crippen molar-refractivity contribution in [2.24, 2.45) is 0 Å². The van der Waals surface area contributed by atoms with Crippen LogP contribution in [-0.4, -0.2) is 30.1 Å². The van der Waals surface area contributed by atoms with Crippen LogP contribution in [0.5, 0.6) is 5.75 Å². The van der Waals surface area contributed by atoms with Crippen LogP contribution in [0.15, 0.2) is 48.5 Å². The minimum Gasteiger partial charge on any atom is -0.483 e. The van der Waals surface area contributed by atoms with Crippen LogP contribution in [0.3, 0.4) is 0 Å². The zero-order valence-electron chi connectivity index (χ0n) is 13.1. The standard InChI is InChI=1S/C19H21ClN2O/c20-16-6-7-18-17(12-16)21-14-19(23-18)8-10-22(11-9-19)13-15-4-2-1-3-5-15/h1-7,12,21H,8-11,13-14H2. The monoisotopic (exact) mass is 328 g/mol. The van der Waals surface area contributed by atoms with Crippen LogP contribution in [0.4, 0.5) is 5.69 Å². The summed E-state index contributed by atoms with van der Waals surface area (Å²) in [6.45, 7) is 4.02. The summed E-state index contributed by atoms with van der Waals surface area (Å²) < 4.78 is 6.37. The van der Waals surface area contributed by atoms with Crippen molar-refractivity contribution in [2.45, 2.75) is 25.0 Å². The van der Waals surface area contributed by atoms with E-state index in [1.807, 2.05) is 18.2 Å². The largest absolute Gasteiger partial charge is 0.483 e. The Kier molecular flexibility index (Phi) is 3.92. The van der Waals surface area contributed by atoms with Gasteiger partial charge in [0.2, 0.25) is 0 Å². The normalized spacial score (nSPS) is 19.7. The number of nitrogens with one attached hydrogen (secondary N) is 1. The molecule has 3 nitrogen and oxygen atoms in total. The van der Waals surface area contributed by atoms with Gasteiger partial charge in [-0.05, 0) is 23.8 Å². The Morgan fingerprint density at radius 1 is 1.09 bits per heavy atom. The van der Waals surface area contributed by atoms with Gasteiger partial charge in [0.05, 0.1) is 12.2 Å². The van der Waals surface area contributed by atoms with E-state index in [9.17, 15) is 0 Å². The van der Waals surface area contributed by atoms with E-state index in [1.54, 1.807) is 0 Å². The van der Waals surface area contributed by atoms with Crippen LogP contribution in [-0.2, 0) is 6.54 Å². The Labute approximate surface area is 142 Å². The highest BCUT2D eigenvalue weighted by Crippen LogP contribution is 2.39.